The summed E-state index contributed by atoms with van der Waals surface area (Å²) in [5.41, 5.74) is 6.69. The molecule has 0 spiro atoms. The van der Waals surface area contributed by atoms with Gasteiger partial charge in [-0.2, -0.15) is 0 Å². The Labute approximate surface area is 80.5 Å². The molecule has 0 aliphatic heterocycles. The molecule has 72 valence electrons. The van der Waals surface area contributed by atoms with Crippen molar-refractivity contribution in [2.75, 3.05) is 0 Å². The summed E-state index contributed by atoms with van der Waals surface area (Å²) in [7, 11) is 0. The zero-order valence-corrected chi connectivity index (χ0v) is 8.38. The van der Waals surface area contributed by atoms with Crippen molar-refractivity contribution in [1.29, 1.82) is 0 Å². The van der Waals surface area contributed by atoms with Gasteiger partial charge >= 0.3 is 5.00 Å². The molecule has 0 fully saturated rings. The summed E-state index contributed by atoms with van der Waals surface area (Å²) >= 11 is 1.12. The van der Waals surface area contributed by atoms with Gasteiger partial charge in [0, 0.05) is 17.5 Å². The van der Waals surface area contributed by atoms with Crippen molar-refractivity contribution in [2.24, 2.45) is 11.7 Å². The lowest BCUT2D eigenvalue weighted by molar-refractivity contribution is -0.380. The quantitative estimate of drug-likeness (QED) is 0.601. The average Bonchev–Trinajstić information content (AvgIpc) is 2.50. The van der Waals surface area contributed by atoms with Gasteiger partial charge in [-0.1, -0.05) is 25.2 Å². The van der Waals surface area contributed by atoms with Crippen molar-refractivity contribution in [3.8, 4) is 0 Å². The molecule has 0 aromatic carbocycles. The summed E-state index contributed by atoms with van der Waals surface area (Å²) < 4.78 is 0. The van der Waals surface area contributed by atoms with Crippen molar-refractivity contribution in [2.45, 2.75) is 19.9 Å². The molecule has 0 amide bonds. The van der Waals surface area contributed by atoms with Gasteiger partial charge in [-0.05, 0) is 11.5 Å². The maximum Gasteiger partial charge on any atom is 0.324 e. The van der Waals surface area contributed by atoms with Gasteiger partial charge < -0.3 is 5.73 Å². The highest BCUT2D eigenvalue weighted by molar-refractivity contribution is 7.13. The van der Waals surface area contributed by atoms with Crippen molar-refractivity contribution < 1.29 is 4.92 Å². The molecule has 2 N–H and O–H groups in total. The predicted octanol–water partition coefficient (Wildman–Crippen LogP) is 2.31. The summed E-state index contributed by atoms with van der Waals surface area (Å²) in [4.78, 5) is 9.99. The fourth-order valence-electron chi connectivity index (χ4n) is 0.994. The Morgan fingerprint density at radius 1 is 1.62 bits per heavy atom. The highest BCUT2D eigenvalue weighted by Gasteiger charge is 2.16. The smallest absolute Gasteiger partial charge is 0.324 e. The molecule has 0 bridgehead atoms. The van der Waals surface area contributed by atoms with Gasteiger partial charge in [0.1, 0.15) is 0 Å². The summed E-state index contributed by atoms with van der Waals surface area (Å²) in [6.07, 6.45) is 0. The monoisotopic (exact) mass is 200 g/mol. The third-order valence-electron chi connectivity index (χ3n) is 1.89. The first-order valence-electron chi connectivity index (χ1n) is 4.00. The average molecular weight is 200 g/mol. The molecule has 1 rings (SSSR count). The minimum Gasteiger partial charge on any atom is -0.324 e. The highest BCUT2D eigenvalue weighted by Crippen LogP contribution is 2.28. The van der Waals surface area contributed by atoms with Crippen LogP contribution in [-0.4, -0.2) is 4.92 Å². The van der Waals surface area contributed by atoms with Gasteiger partial charge in [-0.25, -0.2) is 0 Å². The van der Waals surface area contributed by atoms with Crippen LogP contribution in [0.3, 0.4) is 0 Å². The predicted molar refractivity (Wildman–Crippen MR) is 52.7 cm³/mol. The van der Waals surface area contributed by atoms with E-state index < -0.39 is 0 Å². The maximum atomic E-state index is 10.4. The Balaban J connectivity index is 2.85. The van der Waals surface area contributed by atoms with Gasteiger partial charge in [0.15, 0.2) is 0 Å². The van der Waals surface area contributed by atoms with Crippen LogP contribution in [0.15, 0.2) is 11.4 Å². The number of thiophene rings is 1. The van der Waals surface area contributed by atoms with Crippen molar-refractivity contribution in [3.63, 3.8) is 0 Å². The molecule has 0 radical (unpaired) electrons. The highest BCUT2D eigenvalue weighted by atomic mass is 32.1. The van der Waals surface area contributed by atoms with Crippen LogP contribution in [0.2, 0.25) is 0 Å². The fourth-order valence-corrected chi connectivity index (χ4v) is 1.77. The minimum absolute atomic E-state index is 0.107. The van der Waals surface area contributed by atoms with Crippen LogP contribution in [0, 0.1) is 16.0 Å². The molecule has 0 unspecified atom stereocenters. The van der Waals surface area contributed by atoms with Crippen LogP contribution in [-0.2, 0) is 0 Å². The Kier molecular flexibility index (Phi) is 3.00. The first-order chi connectivity index (χ1) is 6.02. The second-order valence-corrected chi connectivity index (χ2v) is 4.13. The Hall–Kier alpha value is -0.940. The number of hydrogen-bond acceptors (Lipinski definition) is 4. The third kappa shape index (κ3) is 2.26. The van der Waals surface area contributed by atoms with Crippen LogP contribution in [0.4, 0.5) is 5.00 Å². The van der Waals surface area contributed by atoms with Gasteiger partial charge in [0.25, 0.3) is 0 Å². The molecule has 1 heterocycles. The summed E-state index contributed by atoms with van der Waals surface area (Å²) in [6, 6.07) is 1.44. The van der Waals surface area contributed by atoms with E-state index in [0.717, 1.165) is 16.9 Å². The standard InChI is InChI=1S/C8H12N2O2S/c1-5(2)8(9)6-3-7(10(11)12)13-4-6/h3-5,8H,9H2,1-2H3/t8-/m0/s1. The van der Waals surface area contributed by atoms with Crippen LogP contribution >= 0.6 is 11.3 Å². The molecule has 4 nitrogen and oxygen atoms in total. The van der Waals surface area contributed by atoms with E-state index in [1.54, 1.807) is 11.4 Å². The molecular weight excluding hydrogens is 188 g/mol. The first-order valence-corrected chi connectivity index (χ1v) is 4.88. The fraction of sp³-hybridized carbons (Fsp3) is 0.500. The third-order valence-corrected chi connectivity index (χ3v) is 2.79. The molecule has 0 aliphatic rings. The van der Waals surface area contributed by atoms with E-state index in [1.165, 1.54) is 0 Å². The largest absolute Gasteiger partial charge is 0.324 e. The van der Waals surface area contributed by atoms with Crippen LogP contribution < -0.4 is 5.73 Å². The SMILES string of the molecule is CC(C)[C@H](N)c1csc([N+](=O)[O-])c1. The molecule has 1 aromatic heterocycles. The van der Waals surface area contributed by atoms with Crippen molar-refractivity contribution in [3.05, 3.63) is 27.1 Å². The Bertz CT molecular complexity index is 309. The molecule has 0 saturated carbocycles. The van der Waals surface area contributed by atoms with Gasteiger partial charge in [-0.3, -0.25) is 10.1 Å². The Morgan fingerprint density at radius 3 is 2.62 bits per heavy atom. The van der Waals surface area contributed by atoms with E-state index in [-0.39, 0.29) is 16.0 Å². The lowest BCUT2D eigenvalue weighted by Crippen LogP contribution is -2.15. The molecule has 1 aromatic rings. The number of rotatable bonds is 3. The number of nitro groups is 1. The topological polar surface area (TPSA) is 69.2 Å². The van der Waals surface area contributed by atoms with Gasteiger partial charge in [-0.15, -0.1) is 0 Å². The van der Waals surface area contributed by atoms with Crippen molar-refractivity contribution in [1.82, 2.24) is 0 Å². The Morgan fingerprint density at radius 2 is 2.23 bits per heavy atom. The van der Waals surface area contributed by atoms with Crippen LogP contribution in [0.25, 0.3) is 0 Å². The van der Waals surface area contributed by atoms with E-state index in [0.29, 0.717) is 5.92 Å². The second kappa shape index (κ2) is 3.85. The zero-order chi connectivity index (χ0) is 10.0. The normalized spacial score (nSPS) is 13.2. The van der Waals surface area contributed by atoms with E-state index in [1.807, 2.05) is 13.8 Å². The van der Waals surface area contributed by atoms with Gasteiger partial charge in [0.05, 0.1) is 4.92 Å². The molecule has 13 heavy (non-hydrogen) atoms. The minimum atomic E-state index is -0.388. The molecule has 1 atom stereocenters. The second-order valence-electron chi connectivity index (χ2n) is 3.25. The molecular formula is C8H12N2O2S. The number of hydrogen-bond donors (Lipinski definition) is 1. The van der Waals surface area contributed by atoms with E-state index in [9.17, 15) is 10.1 Å². The van der Waals surface area contributed by atoms with E-state index in [4.69, 9.17) is 5.73 Å². The van der Waals surface area contributed by atoms with Crippen LogP contribution in [0.5, 0.6) is 0 Å². The number of nitrogens with zero attached hydrogens (tertiary/aromatic N) is 1. The van der Waals surface area contributed by atoms with E-state index >= 15 is 0 Å². The van der Waals surface area contributed by atoms with E-state index in [2.05, 4.69) is 0 Å². The molecule has 0 saturated heterocycles. The van der Waals surface area contributed by atoms with Crippen molar-refractivity contribution >= 4 is 16.3 Å². The zero-order valence-electron chi connectivity index (χ0n) is 7.56. The molecule has 0 aliphatic carbocycles. The molecule has 5 heteroatoms. The first kappa shape index (κ1) is 10.1. The lowest BCUT2D eigenvalue weighted by atomic mass is 10.00. The van der Waals surface area contributed by atoms with Gasteiger partial charge in [0.2, 0.25) is 0 Å². The maximum absolute atomic E-state index is 10.4. The van der Waals surface area contributed by atoms with Crippen LogP contribution in [0.1, 0.15) is 25.5 Å². The summed E-state index contributed by atoms with van der Waals surface area (Å²) in [6.45, 7) is 3.99. The summed E-state index contributed by atoms with van der Waals surface area (Å²) in [5.74, 6) is 0.300. The lowest BCUT2D eigenvalue weighted by Gasteiger charge is -2.12. The number of nitrogens with two attached hydrogens (primary N) is 1. The summed E-state index contributed by atoms with van der Waals surface area (Å²) in [5, 5.41) is 12.3.